The minimum Gasteiger partial charge on any atom is -0.545 e. The molecule has 20 heavy (non-hydrogen) atoms. The Morgan fingerprint density at radius 1 is 1.35 bits per heavy atom. The van der Waals surface area contributed by atoms with Crippen LogP contribution in [0.2, 0.25) is 0 Å². The number of nitrogens with zero attached hydrogens (tertiary/aromatic N) is 2. The summed E-state index contributed by atoms with van der Waals surface area (Å²) in [5.74, 6) is -1.57. The van der Waals surface area contributed by atoms with E-state index in [9.17, 15) is 30.1 Å². The lowest BCUT2D eigenvalue weighted by Gasteiger charge is -2.42. The fraction of sp³-hybridized carbons (Fsp3) is 0.727. The Balaban J connectivity index is 2.57. The van der Waals surface area contributed by atoms with Crippen molar-refractivity contribution in [2.24, 2.45) is 0 Å². The molecular formula is C11H15N3O6. The third-order valence-corrected chi connectivity index (χ3v) is 4.25. The van der Waals surface area contributed by atoms with Crippen molar-refractivity contribution in [1.82, 2.24) is 0 Å². The van der Waals surface area contributed by atoms with Crippen LogP contribution >= 0.6 is 0 Å². The molecule has 9 heteroatoms. The first-order valence-corrected chi connectivity index (χ1v) is 6.30. The van der Waals surface area contributed by atoms with Crippen LogP contribution in [0.3, 0.4) is 0 Å². The maximum absolute atomic E-state index is 11.4. The number of likely N-dealkylation sites (N-methyl/N-ethyl adjacent to an activating group) is 1. The molecule has 1 N–H and O–H groups in total. The standard InChI is InChI=1S/C11H15N3O6/c1-2-12-6-10(13(17)18)3-8(9(15)16)4-11(5-10,7-12)14(19)20/h3H,2,4-7H2,1H3,(H,15,16)/t10-,11-/m0/s1. The zero-order valence-electron chi connectivity index (χ0n) is 11.0. The van der Waals surface area contributed by atoms with Crippen LogP contribution in [0.4, 0.5) is 0 Å². The number of aliphatic carboxylic acids is 1. The number of carboxylic acids is 1. The van der Waals surface area contributed by atoms with Gasteiger partial charge in [0, 0.05) is 15.9 Å². The van der Waals surface area contributed by atoms with Crippen LogP contribution in [0.5, 0.6) is 0 Å². The first-order chi connectivity index (χ1) is 9.24. The smallest absolute Gasteiger partial charge is 0.295 e. The first kappa shape index (κ1) is 14.4. The summed E-state index contributed by atoms with van der Waals surface area (Å²) >= 11 is 0. The number of quaternary nitrogens is 1. The van der Waals surface area contributed by atoms with Crippen molar-refractivity contribution in [2.75, 3.05) is 19.6 Å². The van der Waals surface area contributed by atoms with E-state index in [-0.39, 0.29) is 31.5 Å². The summed E-state index contributed by atoms with van der Waals surface area (Å²) in [7, 11) is 0. The maximum atomic E-state index is 11.4. The highest BCUT2D eigenvalue weighted by Crippen LogP contribution is 2.39. The zero-order valence-corrected chi connectivity index (χ0v) is 11.0. The van der Waals surface area contributed by atoms with E-state index >= 15 is 0 Å². The molecule has 2 aliphatic rings. The molecule has 3 atom stereocenters. The van der Waals surface area contributed by atoms with E-state index in [1.807, 2.05) is 0 Å². The zero-order chi connectivity index (χ0) is 15.1. The van der Waals surface area contributed by atoms with Crippen molar-refractivity contribution in [3.63, 3.8) is 0 Å². The first-order valence-electron chi connectivity index (χ1n) is 6.30. The summed E-state index contributed by atoms with van der Waals surface area (Å²) in [5.41, 5.74) is -3.62. The second-order valence-electron chi connectivity index (χ2n) is 5.61. The molecule has 110 valence electrons. The van der Waals surface area contributed by atoms with E-state index < -0.39 is 26.9 Å². The average Bonchev–Trinajstić information content (AvgIpc) is 2.36. The van der Waals surface area contributed by atoms with Crippen LogP contribution in [0.25, 0.3) is 0 Å². The van der Waals surface area contributed by atoms with Gasteiger partial charge in [-0.3, -0.25) is 20.2 Å². The van der Waals surface area contributed by atoms with Crippen molar-refractivity contribution in [2.45, 2.75) is 30.8 Å². The third-order valence-electron chi connectivity index (χ3n) is 4.25. The summed E-state index contributed by atoms with van der Waals surface area (Å²) in [5, 5.41) is 33.8. The molecule has 1 aliphatic carbocycles. The second kappa shape index (κ2) is 4.51. The molecular weight excluding hydrogens is 270 g/mol. The summed E-state index contributed by atoms with van der Waals surface area (Å²) < 4.78 is 0. The number of rotatable bonds is 4. The predicted molar refractivity (Wildman–Crippen MR) is 63.0 cm³/mol. The number of hydrogen-bond acceptors (Lipinski definition) is 6. The topological polar surface area (TPSA) is 131 Å². The van der Waals surface area contributed by atoms with Gasteiger partial charge >= 0.3 is 0 Å². The SMILES string of the molecule is CC[NH+]1C[C@]2([N+](=O)[O-])C=C(C(=O)[O-])C[C@@]([N+](=O)[O-])(C1)C2. The largest absolute Gasteiger partial charge is 0.545 e. The number of fused-ring (bicyclic) bond motifs is 2. The monoisotopic (exact) mass is 285 g/mol. The van der Waals surface area contributed by atoms with Gasteiger partial charge < -0.3 is 14.8 Å². The maximum Gasteiger partial charge on any atom is 0.295 e. The number of hydrogen-bond donors (Lipinski definition) is 1. The number of carbonyl (C=O) groups excluding carboxylic acids is 1. The van der Waals surface area contributed by atoms with Gasteiger partial charge in [-0.2, -0.15) is 0 Å². The molecule has 0 radical (unpaired) electrons. The lowest BCUT2D eigenvalue weighted by molar-refractivity contribution is -0.941. The Morgan fingerprint density at radius 3 is 2.45 bits per heavy atom. The highest BCUT2D eigenvalue weighted by Gasteiger charge is 2.66. The van der Waals surface area contributed by atoms with Crippen molar-refractivity contribution >= 4 is 5.97 Å². The van der Waals surface area contributed by atoms with Gasteiger partial charge in [0.15, 0.2) is 6.54 Å². The Labute approximate surface area is 114 Å². The molecule has 0 aromatic rings. The minimum atomic E-state index is -1.69. The number of nitro groups is 2. The van der Waals surface area contributed by atoms with E-state index in [0.29, 0.717) is 6.54 Å². The molecule has 0 aromatic carbocycles. The molecule has 1 fully saturated rings. The highest BCUT2D eigenvalue weighted by atomic mass is 16.6. The molecule has 0 spiro atoms. The molecule has 1 heterocycles. The van der Waals surface area contributed by atoms with Crippen molar-refractivity contribution in [3.8, 4) is 0 Å². The average molecular weight is 285 g/mol. The van der Waals surface area contributed by atoms with Crippen molar-refractivity contribution in [1.29, 1.82) is 0 Å². The Hall–Kier alpha value is -2.03. The number of carbonyl (C=O) groups is 1. The van der Waals surface area contributed by atoms with Gasteiger partial charge in [0.1, 0.15) is 13.0 Å². The fourth-order valence-electron chi connectivity index (χ4n) is 3.37. The van der Waals surface area contributed by atoms with Gasteiger partial charge in [-0.25, -0.2) is 0 Å². The van der Waals surface area contributed by atoms with Gasteiger partial charge in [0.05, 0.1) is 18.9 Å². The van der Waals surface area contributed by atoms with Gasteiger partial charge in [0.2, 0.25) is 0 Å². The molecule has 1 unspecified atom stereocenters. The summed E-state index contributed by atoms with van der Waals surface area (Å²) in [4.78, 5) is 33.4. The molecule has 1 saturated heterocycles. The van der Waals surface area contributed by atoms with Gasteiger partial charge in [0.25, 0.3) is 11.1 Å². The molecule has 2 rings (SSSR count). The molecule has 0 saturated carbocycles. The predicted octanol–water partition coefficient (Wildman–Crippen LogP) is -2.59. The number of piperidine rings is 1. The van der Waals surface area contributed by atoms with E-state index in [1.165, 1.54) is 0 Å². The van der Waals surface area contributed by atoms with E-state index in [2.05, 4.69) is 0 Å². The third kappa shape index (κ3) is 2.03. The normalized spacial score (nSPS) is 36.0. The number of likely N-dealkylation sites (tertiary alicyclic amines) is 1. The van der Waals surface area contributed by atoms with Crippen LogP contribution in [-0.2, 0) is 4.79 Å². The van der Waals surface area contributed by atoms with Gasteiger partial charge in [-0.1, -0.05) is 0 Å². The summed E-state index contributed by atoms with van der Waals surface area (Å²) in [6.07, 6.45) is 0.473. The van der Waals surface area contributed by atoms with E-state index in [4.69, 9.17) is 0 Å². The number of carboxylic acid groups (broad SMARTS) is 1. The second-order valence-corrected chi connectivity index (χ2v) is 5.61. The highest BCUT2D eigenvalue weighted by molar-refractivity contribution is 5.85. The van der Waals surface area contributed by atoms with Gasteiger partial charge in [-0.05, 0) is 12.5 Å². The Bertz CT molecular complexity index is 518. The van der Waals surface area contributed by atoms with Crippen molar-refractivity contribution in [3.05, 3.63) is 31.9 Å². The lowest BCUT2D eigenvalue weighted by atomic mass is 9.69. The Morgan fingerprint density at radius 2 is 2.00 bits per heavy atom. The molecule has 0 amide bonds. The number of nitrogens with one attached hydrogen (secondary N) is 1. The van der Waals surface area contributed by atoms with Gasteiger partial charge in [-0.15, -0.1) is 0 Å². The van der Waals surface area contributed by atoms with Crippen LogP contribution in [0, 0.1) is 20.2 Å². The summed E-state index contributed by atoms with van der Waals surface area (Å²) in [6, 6.07) is 0. The van der Waals surface area contributed by atoms with Crippen molar-refractivity contribution < 1.29 is 24.6 Å². The van der Waals surface area contributed by atoms with Crippen LogP contribution < -0.4 is 10.0 Å². The van der Waals surface area contributed by atoms with Crippen LogP contribution in [0.15, 0.2) is 11.6 Å². The molecule has 0 aromatic heterocycles. The van der Waals surface area contributed by atoms with Crippen LogP contribution in [-0.4, -0.2) is 46.5 Å². The quantitative estimate of drug-likeness (QED) is 0.445. The molecule has 1 aliphatic heterocycles. The fourth-order valence-corrected chi connectivity index (χ4v) is 3.37. The lowest BCUT2D eigenvalue weighted by Crippen LogP contribution is -3.18. The molecule has 9 nitrogen and oxygen atoms in total. The minimum absolute atomic E-state index is 0.0584. The van der Waals surface area contributed by atoms with Crippen LogP contribution in [0.1, 0.15) is 19.8 Å². The van der Waals surface area contributed by atoms with E-state index in [0.717, 1.165) is 11.0 Å². The van der Waals surface area contributed by atoms with E-state index in [1.54, 1.807) is 6.92 Å². The molecule has 2 bridgehead atoms. The Kier molecular flexibility index (Phi) is 3.24. The summed E-state index contributed by atoms with van der Waals surface area (Å²) in [6.45, 7) is 2.46.